The number of para-hydroxylation sites is 1. The maximum absolute atomic E-state index is 13.6. The summed E-state index contributed by atoms with van der Waals surface area (Å²) in [5, 5.41) is 10.1. The third kappa shape index (κ3) is 5.10. The Morgan fingerprint density at radius 3 is 2.46 bits per heavy atom. The molecule has 2 aromatic heterocycles. The van der Waals surface area contributed by atoms with E-state index in [-0.39, 0.29) is 11.3 Å². The molecule has 0 aliphatic carbocycles. The summed E-state index contributed by atoms with van der Waals surface area (Å²) >= 11 is 0. The van der Waals surface area contributed by atoms with E-state index < -0.39 is 17.6 Å². The summed E-state index contributed by atoms with van der Waals surface area (Å²) in [5.41, 5.74) is 2.33. The lowest BCUT2D eigenvalue weighted by molar-refractivity contribution is 0.101. The number of ether oxygens (including phenoxy) is 1. The minimum absolute atomic E-state index is 0.147. The van der Waals surface area contributed by atoms with E-state index in [9.17, 15) is 14.0 Å². The van der Waals surface area contributed by atoms with Crippen LogP contribution in [0.5, 0.6) is 5.75 Å². The summed E-state index contributed by atoms with van der Waals surface area (Å²) < 4.78 is 25.9. The van der Waals surface area contributed by atoms with Crippen molar-refractivity contribution in [3.05, 3.63) is 114 Å². The van der Waals surface area contributed by atoms with E-state index >= 15 is 0 Å². The first-order valence-corrected chi connectivity index (χ1v) is 11.3. The number of carbonyl (C=O) groups excluding carboxylic acids is 2. The zero-order chi connectivity index (χ0) is 25.8. The molecule has 0 radical (unpaired) electrons. The third-order valence-corrected chi connectivity index (χ3v) is 5.51. The summed E-state index contributed by atoms with van der Waals surface area (Å²) in [6.45, 7) is 0. The highest BCUT2D eigenvalue weighted by molar-refractivity contribution is 6.07. The van der Waals surface area contributed by atoms with Gasteiger partial charge < -0.3 is 19.8 Å². The van der Waals surface area contributed by atoms with Gasteiger partial charge in [-0.05, 0) is 60.7 Å². The Bertz CT molecular complexity index is 1560. The Balaban J connectivity index is 1.44. The number of hydrogen-bond acceptors (Lipinski definition) is 5. The fourth-order valence-electron chi connectivity index (χ4n) is 3.76. The Labute approximate surface area is 211 Å². The van der Waals surface area contributed by atoms with Crippen LogP contribution < -0.4 is 15.4 Å². The average Bonchev–Trinajstić information content (AvgIpc) is 3.60. The van der Waals surface area contributed by atoms with Crippen LogP contribution in [-0.4, -0.2) is 28.7 Å². The fraction of sp³-hybridized carbons (Fsp3) is 0.0357. The van der Waals surface area contributed by atoms with Crippen molar-refractivity contribution < 1.29 is 23.1 Å². The molecule has 5 aromatic rings. The number of anilines is 2. The second-order valence-electron chi connectivity index (χ2n) is 7.97. The van der Waals surface area contributed by atoms with Crippen LogP contribution in [-0.2, 0) is 0 Å². The summed E-state index contributed by atoms with van der Waals surface area (Å²) in [7, 11) is 1.46. The average molecular weight is 496 g/mol. The molecule has 0 bridgehead atoms. The van der Waals surface area contributed by atoms with Crippen molar-refractivity contribution in [1.29, 1.82) is 0 Å². The van der Waals surface area contributed by atoms with E-state index in [0.29, 0.717) is 34.3 Å². The molecule has 2 heterocycles. The van der Waals surface area contributed by atoms with Gasteiger partial charge in [0.05, 0.1) is 24.7 Å². The van der Waals surface area contributed by atoms with Gasteiger partial charge in [0, 0.05) is 17.3 Å². The molecule has 0 atom stereocenters. The van der Waals surface area contributed by atoms with E-state index in [1.165, 1.54) is 36.3 Å². The fourth-order valence-corrected chi connectivity index (χ4v) is 3.76. The molecule has 0 aliphatic rings. The molecular weight excluding hydrogens is 475 g/mol. The first-order chi connectivity index (χ1) is 18.0. The molecule has 2 N–H and O–H groups in total. The number of carbonyl (C=O) groups is 2. The number of methoxy groups -OCH3 is 1. The van der Waals surface area contributed by atoms with Crippen molar-refractivity contribution in [3.8, 4) is 22.9 Å². The van der Waals surface area contributed by atoms with Crippen molar-refractivity contribution >= 4 is 23.2 Å². The number of benzene rings is 3. The second kappa shape index (κ2) is 10.2. The van der Waals surface area contributed by atoms with Gasteiger partial charge in [-0.2, -0.15) is 5.10 Å². The van der Waals surface area contributed by atoms with Gasteiger partial charge in [-0.3, -0.25) is 9.59 Å². The third-order valence-electron chi connectivity index (χ3n) is 5.51. The predicted molar refractivity (Wildman–Crippen MR) is 137 cm³/mol. The van der Waals surface area contributed by atoms with Crippen molar-refractivity contribution in [2.45, 2.75) is 0 Å². The highest BCUT2D eigenvalue weighted by Gasteiger charge is 2.20. The molecule has 2 amide bonds. The number of halogens is 1. The lowest BCUT2D eigenvalue weighted by Crippen LogP contribution is -2.17. The molecule has 8 nitrogen and oxygen atoms in total. The zero-order valence-electron chi connectivity index (χ0n) is 19.6. The highest BCUT2D eigenvalue weighted by Crippen LogP contribution is 2.29. The van der Waals surface area contributed by atoms with Crippen LogP contribution in [0, 0.1) is 5.82 Å². The molecule has 3 aromatic carbocycles. The van der Waals surface area contributed by atoms with Crippen LogP contribution in [0.25, 0.3) is 17.1 Å². The SMILES string of the molecule is COc1ccc(NC(=O)c2cc(-c3ccco3)nn2-c2ccccc2)cc1NC(=O)c1cccc(F)c1. The molecule has 0 unspecified atom stereocenters. The van der Waals surface area contributed by atoms with Crippen molar-refractivity contribution in [2.24, 2.45) is 0 Å². The largest absolute Gasteiger partial charge is 0.495 e. The summed E-state index contributed by atoms with van der Waals surface area (Å²) in [6.07, 6.45) is 1.54. The van der Waals surface area contributed by atoms with Crippen LogP contribution in [0.4, 0.5) is 15.8 Å². The number of furan rings is 1. The summed E-state index contributed by atoms with van der Waals surface area (Å²) in [6, 6.07) is 24.5. The first kappa shape index (κ1) is 23.6. The Morgan fingerprint density at radius 1 is 0.892 bits per heavy atom. The summed E-state index contributed by atoms with van der Waals surface area (Å²) in [5.74, 6) is -0.578. The molecule has 5 rings (SSSR count). The van der Waals surface area contributed by atoms with E-state index in [4.69, 9.17) is 9.15 Å². The molecule has 0 saturated carbocycles. The molecular formula is C28H21FN4O4. The zero-order valence-corrected chi connectivity index (χ0v) is 19.6. The number of hydrogen-bond donors (Lipinski definition) is 2. The van der Waals surface area contributed by atoms with Gasteiger partial charge in [0.15, 0.2) is 5.76 Å². The van der Waals surface area contributed by atoms with E-state index in [0.717, 1.165) is 6.07 Å². The maximum Gasteiger partial charge on any atom is 0.274 e. The number of amides is 2. The van der Waals surface area contributed by atoms with Crippen molar-refractivity contribution in [2.75, 3.05) is 17.7 Å². The van der Waals surface area contributed by atoms with Crippen LogP contribution >= 0.6 is 0 Å². The van der Waals surface area contributed by atoms with Crippen LogP contribution in [0.15, 0.2) is 102 Å². The lowest BCUT2D eigenvalue weighted by atomic mass is 10.2. The Morgan fingerprint density at radius 2 is 1.73 bits per heavy atom. The number of nitrogens with zero attached hydrogens (tertiary/aromatic N) is 2. The standard InChI is InChI=1S/C28H21FN4O4/c1-36-25-13-12-20(16-22(25)31-27(34)18-7-5-8-19(29)15-18)30-28(35)24-17-23(26-11-6-14-37-26)32-33(24)21-9-3-2-4-10-21/h2-17H,1H3,(H,30,35)(H,31,34). The van der Waals surface area contributed by atoms with Crippen LogP contribution in [0.3, 0.4) is 0 Å². The van der Waals surface area contributed by atoms with E-state index in [1.807, 2.05) is 30.3 Å². The topological polar surface area (TPSA) is 98.4 Å². The molecule has 0 spiro atoms. The molecule has 9 heteroatoms. The van der Waals surface area contributed by atoms with Gasteiger partial charge in [0.25, 0.3) is 11.8 Å². The number of rotatable bonds is 7. The monoisotopic (exact) mass is 496 g/mol. The predicted octanol–water partition coefficient (Wildman–Crippen LogP) is 5.78. The second-order valence-corrected chi connectivity index (χ2v) is 7.97. The van der Waals surface area contributed by atoms with Crippen LogP contribution in [0.1, 0.15) is 20.8 Å². The maximum atomic E-state index is 13.6. The van der Waals surface area contributed by atoms with Gasteiger partial charge in [-0.15, -0.1) is 0 Å². The van der Waals surface area contributed by atoms with E-state index in [1.54, 1.807) is 36.4 Å². The van der Waals surface area contributed by atoms with Crippen LogP contribution in [0.2, 0.25) is 0 Å². The minimum Gasteiger partial charge on any atom is -0.495 e. The van der Waals surface area contributed by atoms with Gasteiger partial charge in [-0.25, -0.2) is 9.07 Å². The van der Waals surface area contributed by atoms with Crippen molar-refractivity contribution in [3.63, 3.8) is 0 Å². The Kier molecular flexibility index (Phi) is 6.50. The molecule has 0 aliphatic heterocycles. The number of nitrogens with one attached hydrogen (secondary N) is 2. The van der Waals surface area contributed by atoms with E-state index in [2.05, 4.69) is 15.7 Å². The smallest absolute Gasteiger partial charge is 0.274 e. The number of aromatic nitrogens is 2. The quantitative estimate of drug-likeness (QED) is 0.297. The molecule has 0 fully saturated rings. The normalized spacial score (nSPS) is 10.6. The molecule has 184 valence electrons. The van der Waals surface area contributed by atoms with Gasteiger partial charge in [0.1, 0.15) is 23.0 Å². The first-order valence-electron chi connectivity index (χ1n) is 11.3. The minimum atomic E-state index is -0.524. The van der Waals surface area contributed by atoms with Crippen molar-refractivity contribution in [1.82, 2.24) is 9.78 Å². The van der Waals surface area contributed by atoms with Gasteiger partial charge in [0.2, 0.25) is 0 Å². The highest BCUT2D eigenvalue weighted by atomic mass is 19.1. The molecule has 0 saturated heterocycles. The van der Waals surface area contributed by atoms with Gasteiger partial charge in [-0.1, -0.05) is 24.3 Å². The lowest BCUT2D eigenvalue weighted by Gasteiger charge is -2.13. The Hall–Kier alpha value is -5.18. The molecule has 37 heavy (non-hydrogen) atoms. The van der Waals surface area contributed by atoms with Gasteiger partial charge >= 0.3 is 0 Å². The summed E-state index contributed by atoms with van der Waals surface area (Å²) in [4.78, 5) is 26.0.